The maximum absolute atomic E-state index is 13.2. The van der Waals surface area contributed by atoms with Crippen LogP contribution < -0.4 is 5.73 Å². The quantitative estimate of drug-likeness (QED) is 0.357. The van der Waals surface area contributed by atoms with Crippen molar-refractivity contribution in [2.24, 2.45) is 5.73 Å². The van der Waals surface area contributed by atoms with E-state index in [0.29, 0.717) is 0 Å². The summed E-state index contributed by atoms with van der Waals surface area (Å²) in [5.41, 5.74) is 1.33. The van der Waals surface area contributed by atoms with Gasteiger partial charge in [-0.15, -0.1) is 0 Å². The van der Waals surface area contributed by atoms with E-state index in [0.717, 1.165) is 34.6 Å². The van der Waals surface area contributed by atoms with Crippen LogP contribution in [0.2, 0.25) is 0 Å². The number of alkyl halides is 6. The number of hydrogen-bond acceptors (Lipinski definition) is 5. The Morgan fingerprint density at radius 1 is 1.00 bits per heavy atom. The van der Waals surface area contributed by atoms with Gasteiger partial charge in [-0.3, -0.25) is 10.1 Å². The van der Waals surface area contributed by atoms with Gasteiger partial charge in [0.05, 0.1) is 20.9 Å². The van der Waals surface area contributed by atoms with Crippen molar-refractivity contribution in [1.82, 2.24) is 4.31 Å². The van der Waals surface area contributed by atoms with Gasteiger partial charge in [0.2, 0.25) is 10.0 Å². The summed E-state index contributed by atoms with van der Waals surface area (Å²) >= 11 is 0. The number of nitro benzene ring substituents is 1. The van der Waals surface area contributed by atoms with Crippen molar-refractivity contribution in [3.63, 3.8) is 0 Å². The molecule has 32 heavy (non-hydrogen) atoms. The smallest absolute Gasteiger partial charge is 0.323 e. The van der Waals surface area contributed by atoms with Crippen LogP contribution in [-0.2, 0) is 22.4 Å². The number of rotatable bonds is 7. The van der Waals surface area contributed by atoms with Crippen LogP contribution in [0.3, 0.4) is 0 Å². The minimum absolute atomic E-state index is 0.167. The number of benzene rings is 2. The molecular weight excluding hydrogens is 468 g/mol. The van der Waals surface area contributed by atoms with Crippen molar-refractivity contribution in [3.05, 3.63) is 69.3 Å². The lowest BCUT2D eigenvalue weighted by Gasteiger charge is -2.25. The second kappa shape index (κ2) is 9.03. The topological polar surface area (TPSA) is 107 Å². The third-order valence-corrected chi connectivity index (χ3v) is 6.48. The standard InChI is InChI=1S/C18H17F6N3O4S/c1-2-26(32(30,31)13-6-4-12(5-7-13)27(28)29)10-16(25)11-3-8-14(17(19,20)21)15(9-11)18(22,23)24/h3-9,16H,2,10,25H2,1H3/t16-/m1/s1. The van der Waals surface area contributed by atoms with E-state index in [9.17, 15) is 44.9 Å². The number of nitrogens with two attached hydrogens (primary N) is 1. The van der Waals surface area contributed by atoms with Crippen molar-refractivity contribution in [3.8, 4) is 0 Å². The van der Waals surface area contributed by atoms with E-state index < -0.39 is 51.0 Å². The van der Waals surface area contributed by atoms with Crippen LogP contribution in [0, 0.1) is 10.1 Å². The van der Waals surface area contributed by atoms with Crippen molar-refractivity contribution >= 4 is 15.7 Å². The molecule has 0 aliphatic carbocycles. The molecule has 7 nitrogen and oxygen atoms in total. The van der Waals surface area contributed by atoms with Crippen LogP contribution >= 0.6 is 0 Å². The van der Waals surface area contributed by atoms with Gasteiger partial charge in [0.25, 0.3) is 5.69 Å². The Labute approximate surface area is 178 Å². The highest BCUT2D eigenvalue weighted by atomic mass is 32.2. The lowest BCUT2D eigenvalue weighted by atomic mass is 9.99. The van der Waals surface area contributed by atoms with Crippen molar-refractivity contribution in [1.29, 1.82) is 0 Å². The first-order valence-electron chi connectivity index (χ1n) is 8.87. The molecule has 1 atom stereocenters. The monoisotopic (exact) mass is 485 g/mol. The highest BCUT2D eigenvalue weighted by Gasteiger charge is 2.43. The van der Waals surface area contributed by atoms with Gasteiger partial charge in [-0.05, 0) is 29.8 Å². The SMILES string of the molecule is CCN(C[C@@H](N)c1ccc(C(F)(F)F)c(C(F)(F)F)c1)S(=O)(=O)c1ccc([N+](=O)[O-])cc1. The summed E-state index contributed by atoms with van der Waals surface area (Å²) in [5.74, 6) is 0. The number of nitrogens with zero attached hydrogens (tertiary/aromatic N) is 2. The summed E-state index contributed by atoms with van der Waals surface area (Å²) in [4.78, 5) is 9.67. The largest absolute Gasteiger partial charge is 0.417 e. The van der Waals surface area contributed by atoms with Gasteiger partial charge in [0, 0.05) is 31.3 Å². The Kier molecular flexibility index (Phi) is 7.21. The lowest BCUT2D eigenvalue weighted by Crippen LogP contribution is -2.37. The first-order chi connectivity index (χ1) is 14.6. The molecule has 0 unspecified atom stereocenters. The van der Waals surface area contributed by atoms with Gasteiger partial charge in [0.15, 0.2) is 0 Å². The van der Waals surface area contributed by atoms with Crippen molar-refractivity contribution in [2.45, 2.75) is 30.2 Å². The first kappa shape index (κ1) is 25.5. The predicted octanol–water partition coefficient (Wildman–Crippen LogP) is 4.34. The molecule has 0 spiro atoms. The number of sulfonamides is 1. The van der Waals surface area contributed by atoms with Crippen LogP contribution in [0.5, 0.6) is 0 Å². The van der Waals surface area contributed by atoms with E-state index in [1.54, 1.807) is 0 Å². The molecule has 2 rings (SSSR count). The molecule has 2 aromatic rings. The minimum atomic E-state index is -5.31. The molecule has 2 aromatic carbocycles. The van der Waals surface area contributed by atoms with Crippen molar-refractivity contribution < 1.29 is 39.7 Å². The minimum Gasteiger partial charge on any atom is -0.323 e. The average Bonchev–Trinajstić information content (AvgIpc) is 2.69. The Hall–Kier alpha value is -2.71. The Bertz CT molecular complexity index is 1090. The van der Waals surface area contributed by atoms with Crippen LogP contribution in [0.25, 0.3) is 0 Å². The molecule has 0 aliphatic heterocycles. The van der Waals surface area contributed by atoms with Crippen LogP contribution in [0.4, 0.5) is 32.0 Å². The molecule has 0 saturated carbocycles. The summed E-state index contributed by atoms with van der Waals surface area (Å²) in [6, 6.07) is 3.78. The van der Waals surface area contributed by atoms with Crippen LogP contribution in [-0.4, -0.2) is 30.7 Å². The van der Waals surface area contributed by atoms with Gasteiger partial charge in [-0.25, -0.2) is 8.42 Å². The number of halogens is 6. The zero-order valence-corrected chi connectivity index (χ0v) is 17.1. The summed E-state index contributed by atoms with van der Waals surface area (Å²) in [7, 11) is -4.24. The van der Waals surface area contributed by atoms with Gasteiger partial charge in [-0.2, -0.15) is 30.6 Å². The van der Waals surface area contributed by atoms with Gasteiger partial charge in [0.1, 0.15) is 0 Å². The van der Waals surface area contributed by atoms with E-state index in [1.807, 2.05) is 0 Å². The average molecular weight is 485 g/mol. The van der Waals surface area contributed by atoms with E-state index >= 15 is 0 Å². The highest BCUT2D eigenvalue weighted by molar-refractivity contribution is 7.89. The molecule has 14 heteroatoms. The fourth-order valence-electron chi connectivity index (χ4n) is 2.89. The maximum Gasteiger partial charge on any atom is 0.417 e. The number of nitro groups is 1. The number of hydrogen-bond donors (Lipinski definition) is 1. The van der Waals surface area contributed by atoms with Crippen LogP contribution in [0.1, 0.15) is 29.7 Å². The van der Waals surface area contributed by atoms with Gasteiger partial charge in [-0.1, -0.05) is 13.0 Å². The summed E-state index contributed by atoms with van der Waals surface area (Å²) in [5, 5.41) is 10.7. The molecule has 0 radical (unpaired) electrons. The summed E-state index contributed by atoms with van der Waals surface area (Å²) < 4.78 is 105. The van der Waals surface area contributed by atoms with Gasteiger partial charge >= 0.3 is 12.4 Å². The zero-order valence-electron chi connectivity index (χ0n) is 16.3. The highest BCUT2D eigenvalue weighted by Crippen LogP contribution is 2.41. The molecule has 0 aromatic heterocycles. The molecule has 0 aliphatic rings. The Morgan fingerprint density at radius 3 is 1.97 bits per heavy atom. The van der Waals surface area contributed by atoms with Crippen molar-refractivity contribution in [2.75, 3.05) is 13.1 Å². The summed E-state index contributed by atoms with van der Waals surface area (Å²) in [6.45, 7) is 0.710. The maximum atomic E-state index is 13.2. The normalized spacial score (nSPS) is 13.9. The second-order valence-corrected chi connectivity index (χ2v) is 8.55. The van der Waals surface area contributed by atoms with Crippen LogP contribution in [0.15, 0.2) is 47.4 Å². The fourth-order valence-corrected chi connectivity index (χ4v) is 4.36. The third kappa shape index (κ3) is 5.55. The molecule has 176 valence electrons. The Balaban J connectivity index is 2.37. The molecule has 0 bridgehead atoms. The van der Waals surface area contributed by atoms with E-state index in [1.165, 1.54) is 6.92 Å². The molecular formula is C18H17F6N3O4S. The van der Waals surface area contributed by atoms with E-state index in [-0.39, 0.29) is 34.8 Å². The van der Waals surface area contributed by atoms with E-state index in [2.05, 4.69) is 0 Å². The van der Waals surface area contributed by atoms with E-state index in [4.69, 9.17) is 5.73 Å². The molecule has 0 amide bonds. The number of non-ortho nitro benzene ring substituents is 1. The molecule has 0 saturated heterocycles. The molecule has 2 N–H and O–H groups in total. The lowest BCUT2D eigenvalue weighted by molar-refractivity contribution is -0.384. The first-order valence-corrected chi connectivity index (χ1v) is 10.3. The second-order valence-electron chi connectivity index (χ2n) is 6.61. The van der Waals surface area contributed by atoms with Gasteiger partial charge < -0.3 is 5.73 Å². The predicted molar refractivity (Wildman–Crippen MR) is 101 cm³/mol. The summed E-state index contributed by atoms with van der Waals surface area (Å²) in [6.07, 6.45) is -10.6. The fraction of sp³-hybridized carbons (Fsp3) is 0.333. The third-order valence-electron chi connectivity index (χ3n) is 4.52. The molecule has 0 fully saturated rings. The zero-order chi connectivity index (χ0) is 24.5. The molecule has 0 heterocycles. The number of likely N-dealkylation sites (N-methyl/N-ethyl adjacent to an activating group) is 1. The Morgan fingerprint density at radius 2 is 1.53 bits per heavy atom.